The van der Waals surface area contributed by atoms with E-state index in [-0.39, 0.29) is 17.9 Å². The molecule has 0 unspecified atom stereocenters. The molecule has 2 fully saturated rings. The molecule has 2 aliphatic rings. The second-order valence-electron chi connectivity index (χ2n) is 6.78. The van der Waals surface area contributed by atoms with Crippen LogP contribution in [0.2, 0.25) is 0 Å². The van der Waals surface area contributed by atoms with Gasteiger partial charge >= 0.3 is 0 Å². The summed E-state index contributed by atoms with van der Waals surface area (Å²) in [5, 5.41) is 0. The Kier molecular flexibility index (Phi) is 4.87. The third-order valence-electron chi connectivity index (χ3n) is 4.98. The second kappa shape index (κ2) is 6.76. The zero-order valence-corrected chi connectivity index (χ0v) is 15.0. The normalized spacial score (nSPS) is 25.8. The maximum absolute atomic E-state index is 12.6. The van der Waals surface area contributed by atoms with E-state index >= 15 is 0 Å². The number of likely N-dealkylation sites (tertiary alicyclic amines) is 1. The van der Waals surface area contributed by atoms with Crippen molar-refractivity contribution in [2.75, 3.05) is 25.9 Å². The minimum atomic E-state index is -3.21. The van der Waals surface area contributed by atoms with Crippen molar-refractivity contribution in [1.82, 2.24) is 19.2 Å². The molecule has 0 aromatic carbocycles. The van der Waals surface area contributed by atoms with Gasteiger partial charge in [-0.15, -0.1) is 0 Å². The van der Waals surface area contributed by atoms with E-state index in [1.54, 1.807) is 15.4 Å². The number of amides is 1. The second-order valence-corrected chi connectivity index (χ2v) is 8.71. The maximum Gasteiger partial charge on any atom is 0.274 e. The number of carbonyl (C=O) groups is 1. The molecule has 0 bridgehead atoms. The number of hydrogen-bond donors (Lipinski definition) is 0. The molecule has 0 radical (unpaired) electrons. The van der Waals surface area contributed by atoms with Crippen LogP contribution >= 0.6 is 0 Å². The third kappa shape index (κ3) is 3.59. The van der Waals surface area contributed by atoms with E-state index in [2.05, 4.69) is 9.97 Å². The summed E-state index contributed by atoms with van der Waals surface area (Å²) in [4.78, 5) is 22.7. The van der Waals surface area contributed by atoms with Gasteiger partial charge in [0.15, 0.2) is 0 Å². The topological polar surface area (TPSA) is 83.5 Å². The number of rotatable bonds is 2. The Labute approximate surface area is 143 Å². The van der Waals surface area contributed by atoms with E-state index in [0.29, 0.717) is 31.7 Å². The van der Waals surface area contributed by atoms with Gasteiger partial charge in [0.1, 0.15) is 5.69 Å². The standard InChI is InChI=1S/C16H24N4O3S/c1-12-9-18-14(10-17-12)16(21)19-8-6-15-13(11-19)5-3-4-7-20(15)24(2,22)23/h9-10,13,15H,3-8,11H2,1-2H3/t13-,15+/m0/s1. The van der Waals surface area contributed by atoms with Crippen molar-refractivity contribution in [3.8, 4) is 0 Å². The fourth-order valence-corrected chi connectivity index (χ4v) is 5.01. The van der Waals surface area contributed by atoms with E-state index < -0.39 is 10.0 Å². The molecule has 1 amide bonds. The van der Waals surface area contributed by atoms with Crippen molar-refractivity contribution in [2.45, 2.75) is 38.6 Å². The molecule has 132 valence electrons. The molecule has 0 aliphatic carbocycles. The van der Waals surface area contributed by atoms with Gasteiger partial charge in [0.05, 0.1) is 18.1 Å². The molecule has 2 saturated heterocycles. The molecule has 0 spiro atoms. The third-order valence-corrected chi connectivity index (χ3v) is 6.29. The molecule has 0 saturated carbocycles. The van der Waals surface area contributed by atoms with Crippen molar-refractivity contribution in [3.63, 3.8) is 0 Å². The lowest BCUT2D eigenvalue weighted by atomic mass is 9.89. The summed E-state index contributed by atoms with van der Waals surface area (Å²) < 4.78 is 25.8. The number of hydrogen-bond acceptors (Lipinski definition) is 5. The number of aromatic nitrogens is 2. The van der Waals surface area contributed by atoms with Gasteiger partial charge in [-0.2, -0.15) is 4.31 Å². The van der Waals surface area contributed by atoms with Gasteiger partial charge < -0.3 is 4.90 Å². The fourth-order valence-electron chi connectivity index (χ4n) is 3.78. The van der Waals surface area contributed by atoms with Gasteiger partial charge in [0, 0.05) is 31.9 Å². The highest BCUT2D eigenvalue weighted by molar-refractivity contribution is 7.88. The van der Waals surface area contributed by atoms with E-state index in [9.17, 15) is 13.2 Å². The van der Waals surface area contributed by atoms with Crippen LogP contribution in [0.15, 0.2) is 12.4 Å². The van der Waals surface area contributed by atoms with Gasteiger partial charge in [0.2, 0.25) is 10.0 Å². The minimum Gasteiger partial charge on any atom is -0.337 e. The van der Waals surface area contributed by atoms with Crippen LogP contribution in [0.4, 0.5) is 0 Å². The SMILES string of the molecule is Cc1cnc(C(=O)N2CC[C@@H]3[C@@H](CCCCN3S(C)(=O)=O)C2)cn1. The van der Waals surface area contributed by atoms with Crippen LogP contribution < -0.4 is 0 Å². The number of fused-ring (bicyclic) bond motifs is 1. The molecular weight excluding hydrogens is 328 g/mol. The monoisotopic (exact) mass is 352 g/mol. The van der Waals surface area contributed by atoms with Crippen molar-refractivity contribution >= 4 is 15.9 Å². The zero-order chi connectivity index (χ0) is 17.3. The average molecular weight is 352 g/mol. The zero-order valence-electron chi connectivity index (χ0n) is 14.2. The summed E-state index contributed by atoms with van der Waals surface area (Å²) in [6.07, 6.45) is 7.92. The van der Waals surface area contributed by atoms with Crippen LogP contribution in [0.25, 0.3) is 0 Å². The van der Waals surface area contributed by atoms with Crippen LogP contribution in [0.3, 0.4) is 0 Å². The van der Waals surface area contributed by atoms with Crippen LogP contribution in [0, 0.1) is 12.8 Å². The molecule has 3 heterocycles. The van der Waals surface area contributed by atoms with Crippen LogP contribution in [-0.4, -0.2) is 65.4 Å². The minimum absolute atomic E-state index is 0.00986. The smallest absolute Gasteiger partial charge is 0.274 e. The van der Waals surface area contributed by atoms with Crippen molar-refractivity contribution < 1.29 is 13.2 Å². The number of piperidine rings is 1. The molecule has 2 aliphatic heterocycles. The summed E-state index contributed by atoms with van der Waals surface area (Å²) in [6.45, 7) is 3.57. The number of carbonyl (C=O) groups excluding carboxylic acids is 1. The Morgan fingerprint density at radius 1 is 1.17 bits per heavy atom. The highest BCUT2D eigenvalue weighted by atomic mass is 32.2. The van der Waals surface area contributed by atoms with Crippen LogP contribution in [0.5, 0.6) is 0 Å². The van der Waals surface area contributed by atoms with Gasteiger partial charge in [-0.25, -0.2) is 13.4 Å². The first-order chi connectivity index (χ1) is 11.4. The van der Waals surface area contributed by atoms with E-state index in [0.717, 1.165) is 25.0 Å². The molecule has 24 heavy (non-hydrogen) atoms. The Balaban J connectivity index is 1.76. The first kappa shape index (κ1) is 17.3. The average Bonchev–Trinajstić information content (AvgIpc) is 2.76. The summed E-state index contributed by atoms with van der Waals surface area (Å²) in [7, 11) is -3.21. The van der Waals surface area contributed by atoms with Crippen LogP contribution in [0.1, 0.15) is 41.9 Å². The lowest BCUT2D eigenvalue weighted by molar-refractivity contribution is 0.0570. The quantitative estimate of drug-likeness (QED) is 0.795. The lowest BCUT2D eigenvalue weighted by Crippen LogP contribution is -2.53. The van der Waals surface area contributed by atoms with Gasteiger partial charge in [0.25, 0.3) is 5.91 Å². The van der Waals surface area contributed by atoms with Gasteiger partial charge in [-0.3, -0.25) is 9.78 Å². The predicted octanol–water partition coefficient (Wildman–Crippen LogP) is 1.06. The first-order valence-corrected chi connectivity index (χ1v) is 10.3. The summed E-state index contributed by atoms with van der Waals surface area (Å²) in [5.41, 5.74) is 1.13. The number of aryl methyl sites for hydroxylation is 1. The molecule has 8 heteroatoms. The molecule has 2 atom stereocenters. The number of sulfonamides is 1. The first-order valence-electron chi connectivity index (χ1n) is 8.41. The molecule has 1 aromatic rings. The Morgan fingerprint density at radius 2 is 1.96 bits per heavy atom. The highest BCUT2D eigenvalue weighted by Crippen LogP contribution is 2.31. The summed E-state index contributed by atoms with van der Waals surface area (Å²) >= 11 is 0. The molecule has 7 nitrogen and oxygen atoms in total. The van der Waals surface area contributed by atoms with Gasteiger partial charge in [-0.05, 0) is 32.1 Å². The highest BCUT2D eigenvalue weighted by Gasteiger charge is 2.39. The summed E-state index contributed by atoms with van der Waals surface area (Å²) in [6, 6.07) is 0.00986. The van der Waals surface area contributed by atoms with E-state index in [4.69, 9.17) is 0 Å². The van der Waals surface area contributed by atoms with Crippen LogP contribution in [-0.2, 0) is 10.0 Å². The number of nitrogens with zero attached hydrogens (tertiary/aromatic N) is 4. The molecule has 3 rings (SSSR count). The Morgan fingerprint density at radius 3 is 2.62 bits per heavy atom. The molecule has 1 aromatic heterocycles. The largest absolute Gasteiger partial charge is 0.337 e. The molecular formula is C16H24N4O3S. The fraction of sp³-hybridized carbons (Fsp3) is 0.688. The van der Waals surface area contributed by atoms with Crippen molar-refractivity contribution in [2.24, 2.45) is 5.92 Å². The lowest BCUT2D eigenvalue weighted by Gasteiger charge is -2.41. The van der Waals surface area contributed by atoms with E-state index in [1.807, 2.05) is 6.92 Å². The maximum atomic E-state index is 12.6. The Bertz CT molecular complexity index is 705. The Hall–Kier alpha value is -1.54. The molecule has 0 N–H and O–H groups in total. The van der Waals surface area contributed by atoms with Crippen molar-refractivity contribution in [3.05, 3.63) is 23.8 Å². The van der Waals surface area contributed by atoms with Gasteiger partial charge in [-0.1, -0.05) is 6.42 Å². The van der Waals surface area contributed by atoms with E-state index in [1.165, 1.54) is 12.5 Å². The summed E-state index contributed by atoms with van der Waals surface area (Å²) in [5.74, 6) is 0.0782. The predicted molar refractivity (Wildman–Crippen MR) is 90.0 cm³/mol. The van der Waals surface area contributed by atoms with Crippen molar-refractivity contribution in [1.29, 1.82) is 0 Å².